The molecule has 0 saturated heterocycles. The van der Waals surface area contributed by atoms with Gasteiger partial charge in [-0.2, -0.15) is 0 Å². The molecule has 0 aromatic carbocycles. The molecular formula is C15H29N. The van der Waals surface area contributed by atoms with Crippen molar-refractivity contribution in [1.82, 2.24) is 5.32 Å². The van der Waals surface area contributed by atoms with Crippen molar-refractivity contribution in [2.45, 2.75) is 65.3 Å². The van der Waals surface area contributed by atoms with Gasteiger partial charge in [-0.3, -0.25) is 0 Å². The van der Waals surface area contributed by atoms with Crippen molar-refractivity contribution in [1.29, 1.82) is 0 Å². The number of rotatable bonds is 5. The molecule has 0 bridgehead atoms. The molecular weight excluding hydrogens is 194 g/mol. The zero-order valence-corrected chi connectivity index (χ0v) is 11.3. The van der Waals surface area contributed by atoms with Gasteiger partial charge in [0.05, 0.1) is 0 Å². The van der Waals surface area contributed by atoms with Crippen LogP contribution in [-0.4, -0.2) is 12.6 Å². The van der Waals surface area contributed by atoms with E-state index in [4.69, 9.17) is 0 Å². The Labute approximate surface area is 101 Å². The molecule has 0 aliphatic heterocycles. The first kappa shape index (κ1) is 12.4. The minimum atomic E-state index is 0.886. The molecule has 0 aromatic heterocycles. The third-order valence-electron chi connectivity index (χ3n) is 4.63. The van der Waals surface area contributed by atoms with Crippen molar-refractivity contribution in [2.24, 2.45) is 23.7 Å². The Kier molecular flexibility index (Phi) is 4.29. The summed E-state index contributed by atoms with van der Waals surface area (Å²) in [5.74, 6) is 3.86. The largest absolute Gasteiger partial charge is 0.314 e. The molecule has 2 aliphatic carbocycles. The lowest BCUT2D eigenvalue weighted by atomic mass is 9.71. The Morgan fingerprint density at radius 1 is 1.06 bits per heavy atom. The molecule has 2 fully saturated rings. The standard InChI is InChI=1S/C15H29N/c1-11-8-12(2)10-14(9-11)13(3)6-7-16-15-4-5-15/h11-16H,4-10H2,1-3H3. The van der Waals surface area contributed by atoms with Crippen molar-refractivity contribution in [3.8, 4) is 0 Å². The minimum absolute atomic E-state index is 0.886. The van der Waals surface area contributed by atoms with Gasteiger partial charge in [-0.05, 0) is 68.7 Å². The Morgan fingerprint density at radius 3 is 2.25 bits per heavy atom. The maximum atomic E-state index is 3.65. The average molecular weight is 223 g/mol. The average Bonchev–Trinajstić information content (AvgIpc) is 3.00. The summed E-state index contributed by atoms with van der Waals surface area (Å²) in [7, 11) is 0. The zero-order chi connectivity index (χ0) is 11.5. The van der Waals surface area contributed by atoms with Gasteiger partial charge in [0.1, 0.15) is 0 Å². The SMILES string of the molecule is CC1CC(C)CC(C(C)CCNC2CC2)C1. The normalized spacial score (nSPS) is 37.3. The number of nitrogens with one attached hydrogen (secondary N) is 1. The van der Waals surface area contributed by atoms with E-state index in [1.54, 1.807) is 0 Å². The molecule has 0 heterocycles. The first-order chi connectivity index (χ1) is 7.65. The Morgan fingerprint density at radius 2 is 1.69 bits per heavy atom. The molecule has 0 amide bonds. The molecule has 0 spiro atoms. The lowest BCUT2D eigenvalue weighted by Crippen LogP contribution is -2.27. The van der Waals surface area contributed by atoms with Crippen LogP contribution in [0.2, 0.25) is 0 Å². The van der Waals surface area contributed by atoms with Crippen LogP contribution in [0.5, 0.6) is 0 Å². The van der Waals surface area contributed by atoms with Crippen LogP contribution in [0.4, 0.5) is 0 Å². The van der Waals surface area contributed by atoms with Crippen LogP contribution >= 0.6 is 0 Å². The van der Waals surface area contributed by atoms with Crippen LogP contribution in [-0.2, 0) is 0 Å². The summed E-state index contributed by atoms with van der Waals surface area (Å²) < 4.78 is 0. The van der Waals surface area contributed by atoms with Crippen LogP contribution in [0.3, 0.4) is 0 Å². The highest BCUT2D eigenvalue weighted by Gasteiger charge is 2.28. The first-order valence-corrected chi connectivity index (χ1v) is 7.38. The van der Waals surface area contributed by atoms with Crippen molar-refractivity contribution >= 4 is 0 Å². The molecule has 3 atom stereocenters. The zero-order valence-electron chi connectivity index (χ0n) is 11.3. The van der Waals surface area contributed by atoms with E-state index in [2.05, 4.69) is 26.1 Å². The minimum Gasteiger partial charge on any atom is -0.314 e. The number of hydrogen-bond acceptors (Lipinski definition) is 1. The summed E-state index contributed by atoms with van der Waals surface area (Å²) in [6.07, 6.45) is 8.66. The monoisotopic (exact) mass is 223 g/mol. The third-order valence-corrected chi connectivity index (χ3v) is 4.63. The fraction of sp³-hybridized carbons (Fsp3) is 1.00. The van der Waals surface area contributed by atoms with E-state index in [-0.39, 0.29) is 0 Å². The van der Waals surface area contributed by atoms with Crippen LogP contribution in [0.1, 0.15) is 59.3 Å². The van der Waals surface area contributed by atoms with E-state index >= 15 is 0 Å². The smallest absolute Gasteiger partial charge is 0.00682 e. The molecule has 1 nitrogen and oxygen atoms in total. The van der Waals surface area contributed by atoms with E-state index in [0.29, 0.717) is 0 Å². The van der Waals surface area contributed by atoms with E-state index in [1.807, 2.05) is 0 Å². The summed E-state index contributed by atoms with van der Waals surface area (Å²) in [5.41, 5.74) is 0. The van der Waals surface area contributed by atoms with Gasteiger partial charge in [-0.1, -0.05) is 20.8 Å². The second-order valence-corrected chi connectivity index (χ2v) is 6.67. The predicted octanol–water partition coefficient (Wildman–Crippen LogP) is 3.84. The van der Waals surface area contributed by atoms with Crippen molar-refractivity contribution in [3.05, 3.63) is 0 Å². The fourth-order valence-electron chi connectivity index (χ4n) is 3.51. The van der Waals surface area contributed by atoms with Gasteiger partial charge in [0.15, 0.2) is 0 Å². The molecule has 2 aliphatic rings. The highest BCUT2D eigenvalue weighted by atomic mass is 14.9. The molecule has 0 radical (unpaired) electrons. The van der Waals surface area contributed by atoms with Gasteiger partial charge in [-0.15, -0.1) is 0 Å². The Hall–Kier alpha value is -0.0400. The second kappa shape index (κ2) is 5.53. The van der Waals surface area contributed by atoms with E-state index in [9.17, 15) is 0 Å². The van der Waals surface area contributed by atoms with E-state index in [1.165, 1.54) is 45.1 Å². The molecule has 2 rings (SSSR count). The van der Waals surface area contributed by atoms with E-state index < -0.39 is 0 Å². The lowest BCUT2D eigenvalue weighted by molar-refractivity contribution is 0.162. The lowest BCUT2D eigenvalue weighted by Gasteiger charge is -2.35. The third kappa shape index (κ3) is 3.76. The van der Waals surface area contributed by atoms with Crippen LogP contribution < -0.4 is 5.32 Å². The summed E-state index contributed by atoms with van der Waals surface area (Å²) in [6, 6.07) is 0.886. The molecule has 16 heavy (non-hydrogen) atoms. The molecule has 2 saturated carbocycles. The summed E-state index contributed by atoms with van der Waals surface area (Å²) in [5, 5.41) is 3.65. The molecule has 1 heteroatoms. The van der Waals surface area contributed by atoms with Crippen LogP contribution in [0.15, 0.2) is 0 Å². The van der Waals surface area contributed by atoms with Crippen LogP contribution in [0.25, 0.3) is 0 Å². The maximum absolute atomic E-state index is 3.65. The van der Waals surface area contributed by atoms with Crippen molar-refractivity contribution in [3.63, 3.8) is 0 Å². The predicted molar refractivity (Wildman–Crippen MR) is 70.5 cm³/mol. The highest BCUT2D eigenvalue weighted by molar-refractivity contribution is 4.82. The quantitative estimate of drug-likeness (QED) is 0.747. The Balaban J connectivity index is 1.67. The first-order valence-electron chi connectivity index (χ1n) is 7.38. The van der Waals surface area contributed by atoms with Crippen molar-refractivity contribution < 1.29 is 0 Å². The fourth-order valence-corrected chi connectivity index (χ4v) is 3.51. The topological polar surface area (TPSA) is 12.0 Å². The highest BCUT2D eigenvalue weighted by Crippen LogP contribution is 2.37. The van der Waals surface area contributed by atoms with Gasteiger partial charge in [0.2, 0.25) is 0 Å². The van der Waals surface area contributed by atoms with Crippen molar-refractivity contribution in [2.75, 3.05) is 6.54 Å². The Bertz CT molecular complexity index is 199. The van der Waals surface area contributed by atoms with Crippen LogP contribution in [0, 0.1) is 23.7 Å². The van der Waals surface area contributed by atoms with Gasteiger partial charge in [0.25, 0.3) is 0 Å². The summed E-state index contributed by atoms with van der Waals surface area (Å²) in [6.45, 7) is 8.62. The van der Waals surface area contributed by atoms with Gasteiger partial charge in [0, 0.05) is 6.04 Å². The molecule has 0 aromatic rings. The van der Waals surface area contributed by atoms with Gasteiger partial charge in [-0.25, -0.2) is 0 Å². The summed E-state index contributed by atoms with van der Waals surface area (Å²) >= 11 is 0. The van der Waals surface area contributed by atoms with Gasteiger partial charge >= 0.3 is 0 Å². The maximum Gasteiger partial charge on any atom is 0.00682 e. The molecule has 1 N–H and O–H groups in total. The molecule has 94 valence electrons. The number of hydrogen-bond donors (Lipinski definition) is 1. The van der Waals surface area contributed by atoms with E-state index in [0.717, 1.165) is 29.7 Å². The second-order valence-electron chi connectivity index (χ2n) is 6.67. The summed E-state index contributed by atoms with van der Waals surface area (Å²) in [4.78, 5) is 0. The van der Waals surface area contributed by atoms with Gasteiger partial charge < -0.3 is 5.32 Å². The molecule has 3 unspecified atom stereocenters.